The second-order valence-corrected chi connectivity index (χ2v) is 8.98. The van der Waals surface area contributed by atoms with E-state index in [1.807, 2.05) is 12.1 Å². The monoisotopic (exact) mass is 486 g/mol. The summed E-state index contributed by atoms with van der Waals surface area (Å²) in [5.41, 5.74) is 1.21. The molecule has 0 aliphatic carbocycles. The van der Waals surface area contributed by atoms with Gasteiger partial charge in [-0.3, -0.25) is 9.36 Å². The molecule has 5 aromatic rings. The summed E-state index contributed by atoms with van der Waals surface area (Å²) in [5.74, 6) is -0.633. The molecule has 0 bridgehead atoms. The molecule has 0 amide bonds. The maximum Gasteiger partial charge on any atom is 0.337 e. The lowest BCUT2D eigenvalue weighted by Crippen LogP contribution is -2.40. The highest BCUT2D eigenvalue weighted by atomic mass is 19.1. The number of rotatable bonds is 6. The van der Waals surface area contributed by atoms with Gasteiger partial charge in [0.05, 0.1) is 25.1 Å². The number of imidazole rings is 1. The van der Waals surface area contributed by atoms with Crippen LogP contribution < -0.4 is 11.2 Å². The first-order chi connectivity index (χ1) is 17.3. The van der Waals surface area contributed by atoms with Crippen molar-refractivity contribution in [2.24, 2.45) is 0 Å². The van der Waals surface area contributed by atoms with Crippen LogP contribution in [0.5, 0.6) is 0 Å². The van der Waals surface area contributed by atoms with Crippen LogP contribution >= 0.6 is 0 Å². The van der Waals surface area contributed by atoms with Crippen LogP contribution in [0.2, 0.25) is 0 Å². The molecule has 0 atom stereocenters. The standard InChI is InChI=1S/C28H24F2N4O2/c1-18(2)19-11-13-22(14-12-19)34-26-25(32(17-31-26)15-20-7-3-5-9-23(20)29)27(35)33(28(34)36)16-21-8-4-6-10-24(21)30/h3-14,17-18H,15-16H2,1-2H3. The fourth-order valence-electron chi connectivity index (χ4n) is 4.29. The first-order valence-corrected chi connectivity index (χ1v) is 11.6. The summed E-state index contributed by atoms with van der Waals surface area (Å²) in [5, 5.41) is 0. The van der Waals surface area contributed by atoms with Crippen LogP contribution in [0.1, 0.15) is 36.5 Å². The van der Waals surface area contributed by atoms with Gasteiger partial charge in [0.15, 0.2) is 11.2 Å². The van der Waals surface area contributed by atoms with Crippen molar-refractivity contribution in [2.75, 3.05) is 0 Å². The second kappa shape index (κ2) is 9.37. The summed E-state index contributed by atoms with van der Waals surface area (Å²) >= 11 is 0. The molecule has 0 saturated carbocycles. The summed E-state index contributed by atoms with van der Waals surface area (Å²) < 4.78 is 32.7. The quantitative estimate of drug-likeness (QED) is 0.345. The van der Waals surface area contributed by atoms with Crippen molar-refractivity contribution < 1.29 is 8.78 Å². The highest BCUT2D eigenvalue weighted by Crippen LogP contribution is 2.20. The van der Waals surface area contributed by atoms with E-state index in [2.05, 4.69) is 18.8 Å². The van der Waals surface area contributed by atoms with E-state index in [-0.39, 0.29) is 29.8 Å². The van der Waals surface area contributed by atoms with Crippen LogP contribution in [-0.4, -0.2) is 18.7 Å². The highest BCUT2D eigenvalue weighted by Gasteiger charge is 2.21. The van der Waals surface area contributed by atoms with Crippen LogP contribution in [0.25, 0.3) is 16.9 Å². The molecule has 3 aromatic carbocycles. The lowest BCUT2D eigenvalue weighted by molar-refractivity contribution is 0.585. The smallest absolute Gasteiger partial charge is 0.320 e. The van der Waals surface area contributed by atoms with Crippen LogP contribution in [0.15, 0.2) is 88.7 Å². The van der Waals surface area contributed by atoms with Gasteiger partial charge in [0.25, 0.3) is 5.56 Å². The van der Waals surface area contributed by atoms with Crippen molar-refractivity contribution in [1.29, 1.82) is 0 Å². The predicted octanol–water partition coefficient (Wildman–Crippen LogP) is 4.85. The number of halogens is 2. The topological polar surface area (TPSA) is 61.8 Å². The average Bonchev–Trinajstić information content (AvgIpc) is 3.28. The molecular formula is C28H24F2N4O2. The second-order valence-electron chi connectivity index (χ2n) is 8.98. The van der Waals surface area contributed by atoms with Crippen molar-refractivity contribution in [3.63, 3.8) is 0 Å². The zero-order valence-electron chi connectivity index (χ0n) is 19.9. The zero-order chi connectivity index (χ0) is 25.4. The minimum atomic E-state index is -0.635. The summed E-state index contributed by atoms with van der Waals surface area (Å²) in [6.07, 6.45) is 1.42. The first-order valence-electron chi connectivity index (χ1n) is 11.6. The minimum absolute atomic E-state index is 0.0442. The Morgan fingerprint density at radius 1 is 0.806 bits per heavy atom. The molecule has 5 rings (SSSR count). The SMILES string of the molecule is CC(C)c1ccc(-n2c(=O)n(Cc3ccccc3F)c(=O)c3c2ncn3Cc2ccccc2F)cc1. The van der Waals surface area contributed by atoms with Gasteiger partial charge in [-0.2, -0.15) is 0 Å². The third kappa shape index (κ3) is 4.15. The minimum Gasteiger partial charge on any atom is -0.320 e. The van der Waals surface area contributed by atoms with Gasteiger partial charge in [0.2, 0.25) is 0 Å². The van der Waals surface area contributed by atoms with Gasteiger partial charge in [-0.25, -0.2) is 23.1 Å². The van der Waals surface area contributed by atoms with E-state index in [1.165, 1.54) is 33.7 Å². The van der Waals surface area contributed by atoms with E-state index in [4.69, 9.17) is 0 Å². The van der Waals surface area contributed by atoms with Gasteiger partial charge in [-0.05, 0) is 35.7 Å². The van der Waals surface area contributed by atoms with E-state index in [1.54, 1.807) is 42.5 Å². The van der Waals surface area contributed by atoms with Crippen LogP contribution in [0.3, 0.4) is 0 Å². The van der Waals surface area contributed by atoms with Gasteiger partial charge in [0.1, 0.15) is 11.6 Å². The Balaban J connectivity index is 1.76. The lowest BCUT2D eigenvalue weighted by atomic mass is 10.0. The van der Waals surface area contributed by atoms with Gasteiger partial charge < -0.3 is 4.57 Å². The number of fused-ring (bicyclic) bond motifs is 1. The third-order valence-electron chi connectivity index (χ3n) is 6.30. The Kier molecular flexibility index (Phi) is 6.10. The molecule has 0 unspecified atom stereocenters. The predicted molar refractivity (Wildman–Crippen MR) is 135 cm³/mol. The fraction of sp³-hybridized carbons (Fsp3) is 0.179. The number of aromatic nitrogens is 4. The molecule has 0 aliphatic rings. The summed E-state index contributed by atoms with van der Waals surface area (Å²) in [4.78, 5) is 31.7. The summed E-state index contributed by atoms with van der Waals surface area (Å²) in [7, 11) is 0. The molecule has 0 radical (unpaired) electrons. The first kappa shape index (κ1) is 23.4. The van der Waals surface area contributed by atoms with E-state index in [9.17, 15) is 18.4 Å². The van der Waals surface area contributed by atoms with Crippen molar-refractivity contribution in [3.8, 4) is 5.69 Å². The Morgan fingerprint density at radius 2 is 1.39 bits per heavy atom. The number of benzene rings is 3. The Hall–Kier alpha value is -4.33. The third-order valence-corrected chi connectivity index (χ3v) is 6.30. The van der Waals surface area contributed by atoms with Crippen molar-refractivity contribution in [3.05, 3.63) is 128 Å². The van der Waals surface area contributed by atoms with Crippen LogP contribution in [0.4, 0.5) is 8.78 Å². The Bertz CT molecular complexity index is 1680. The van der Waals surface area contributed by atoms with Gasteiger partial charge in [0, 0.05) is 11.1 Å². The van der Waals surface area contributed by atoms with E-state index < -0.39 is 22.9 Å². The molecule has 0 N–H and O–H groups in total. The van der Waals surface area contributed by atoms with Gasteiger partial charge in [-0.1, -0.05) is 62.4 Å². The maximum absolute atomic E-state index is 14.5. The Labute approximate surface area is 205 Å². The molecule has 0 spiro atoms. The molecule has 0 saturated heterocycles. The molecular weight excluding hydrogens is 462 g/mol. The number of hydrogen-bond donors (Lipinski definition) is 0. The molecule has 2 aromatic heterocycles. The molecule has 8 heteroatoms. The van der Waals surface area contributed by atoms with E-state index in [0.29, 0.717) is 17.2 Å². The lowest BCUT2D eigenvalue weighted by Gasteiger charge is -2.14. The van der Waals surface area contributed by atoms with Gasteiger partial charge in [-0.15, -0.1) is 0 Å². The van der Waals surface area contributed by atoms with E-state index in [0.717, 1.165) is 10.1 Å². The van der Waals surface area contributed by atoms with Gasteiger partial charge >= 0.3 is 5.69 Å². The normalized spacial score (nSPS) is 11.5. The van der Waals surface area contributed by atoms with Crippen molar-refractivity contribution >= 4 is 11.2 Å². The van der Waals surface area contributed by atoms with Crippen LogP contribution in [0, 0.1) is 11.6 Å². The van der Waals surface area contributed by atoms with Crippen LogP contribution in [-0.2, 0) is 13.1 Å². The largest absolute Gasteiger partial charge is 0.337 e. The van der Waals surface area contributed by atoms with Crippen molar-refractivity contribution in [2.45, 2.75) is 32.9 Å². The average molecular weight is 487 g/mol. The number of nitrogens with zero attached hydrogens (tertiary/aromatic N) is 4. The molecule has 6 nitrogen and oxygen atoms in total. The fourth-order valence-corrected chi connectivity index (χ4v) is 4.29. The maximum atomic E-state index is 14.5. The zero-order valence-corrected chi connectivity index (χ0v) is 19.9. The molecule has 0 fully saturated rings. The molecule has 36 heavy (non-hydrogen) atoms. The number of hydrogen-bond acceptors (Lipinski definition) is 3. The van der Waals surface area contributed by atoms with Crippen molar-refractivity contribution in [1.82, 2.24) is 18.7 Å². The highest BCUT2D eigenvalue weighted by molar-refractivity contribution is 5.72. The molecule has 2 heterocycles. The summed E-state index contributed by atoms with van der Waals surface area (Å²) in [6, 6.07) is 19.7. The Morgan fingerprint density at radius 3 is 1.97 bits per heavy atom. The summed E-state index contributed by atoms with van der Waals surface area (Å²) in [6.45, 7) is 3.93. The molecule has 182 valence electrons. The van der Waals surface area contributed by atoms with E-state index >= 15 is 0 Å². The molecule has 0 aliphatic heterocycles.